The van der Waals surface area contributed by atoms with Gasteiger partial charge in [-0.15, -0.1) is 0 Å². The summed E-state index contributed by atoms with van der Waals surface area (Å²) in [7, 11) is 2.09. The van der Waals surface area contributed by atoms with E-state index in [-0.39, 0.29) is 5.91 Å². The molecule has 0 spiro atoms. The van der Waals surface area contributed by atoms with Gasteiger partial charge in [-0.2, -0.15) is 0 Å². The van der Waals surface area contributed by atoms with E-state index in [0.717, 1.165) is 37.6 Å². The molecule has 1 aliphatic heterocycles. The second-order valence-corrected chi connectivity index (χ2v) is 6.14. The molecule has 0 saturated carbocycles. The number of hydrogen-bond acceptors (Lipinski definition) is 2. The zero-order chi connectivity index (χ0) is 15.5. The predicted molar refractivity (Wildman–Crippen MR) is 88.6 cm³/mol. The van der Waals surface area contributed by atoms with Gasteiger partial charge >= 0.3 is 0 Å². The summed E-state index contributed by atoms with van der Waals surface area (Å²) in [4.78, 5) is 16.7. The Balaban J connectivity index is 1.72. The standard InChI is InChI=1S/C17H20ClN3O/c1-19-9-11-20(12-10-19)17(22)13-16-3-2-8-21(16)15-6-4-14(18)5-7-15/h2-8H,9-13H2,1H3. The quantitative estimate of drug-likeness (QED) is 0.870. The van der Waals surface area contributed by atoms with E-state index in [0.29, 0.717) is 11.4 Å². The van der Waals surface area contributed by atoms with E-state index in [9.17, 15) is 4.79 Å². The van der Waals surface area contributed by atoms with Gasteiger partial charge in [0.05, 0.1) is 6.42 Å². The van der Waals surface area contributed by atoms with Crippen LogP contribution in [0.15, 0.2) is 42.6 Å². The first-order chi connectivity index (χ1) is 10.6. The predicted octanol–water partition coefficient (Wildman–Crippen LogP) is 2.45. The minimum absolute atomic E-state index is 0.196. The maximum Gasteiger partial charge on any atom is 0.228 e. The Bertz CT molecular complexity index is 642. The lowest BCUT2D eigenvalue weighted by Crippen LogP contribution is -2.47. The molecule has 1 amide bonds. The molecule has 2 heterocycles. The van der Waals surface area contributed by atoms with Gasteiger partial charge < -0.3 is 14.4 Å². The normalized spacial score (nSPS) is 16.0. The number of carbonyl (C=O) groups is 1. The van der Waals surface area contributed by atoms with Crippen molar-refractivity contribution in [1.82, 2.24) is 14.4 Å². The number of piperazine rings is 1. The van der Waals surface area contributed by atoms with E-state index in [1.54, 1.807) is 0 Å². The Labute approximate surface area is 135 Å². The van der Waals surface area contributed by atoms with Crippen LogP contribution in [0.5, 0.6) is 0 Å². The Morgan fingerprint density at radius 3 is 2.45 bits per heavy atom. The van der Waals surface area contributed by atoms with E-state index < -0.39 is 0 Å². The highest BCUT2D eigenvalue weighted by atomic mass is 35.5. The van der Waals surface area contributed by atoms with Crippen molar-refractivity contribution in [2.45, 2.75) is 6.42 Å². The van der Waals surface area contributed by atoms with Crippen molar-refractivity contribution >= 4 is 17.5 Å². The van der Waals surface area contributed by atoms with Crippen molar-refractivity contribution in [1.29, 1.82) is 0 Å². The molecule has 1 aromatic carbocycles. The first kappa shape index (κ1) is 15.1. The van der Waals surface area contributed by atoms with Gasteiger partial charge in [-0.3, -0.25) is 4.79 Å². The molecule has 0 radical (unpaired) electrons. The van der Waals surface area contributed by atoms with Crippen LogP contribution < -0.4 is 0 Å². The third-order valence-electron chi connectivity index (χ3n) is 4.13. The van der Waals surface area contributed by atoms with Crippen molar-refractivity contribution < 1.29 is 4.79 Å². The summed E-state index contributed by atoms with van der Waals surface area (Å²) >= 11 is 5.94. The largest absolute Gasteiger partial charge is 0.340 e. The maximum absolute atomic E-state index is 12.5. The van der Waals surface area contributed by atoms with Crippen LogP contribution in [0.3, 0.4) is 0 Å². The number of halogens is 1. The third kappa shape index (κ3) is 3.34. The van der Waals surface area contributed by atoms with Crippen molar-refractivity contribution in [2.75, 3.05) is 33.2 Å². The topological polar surface area (TPSA) is 28.5 Å². The van der Waals surface area contributed by atoms with E-state index in [4.69, 9.17) is 11.6 Å². The molecule has 4 nitrogen and oxygen atoms in total. The average Bonchev–Trinajstić information content (AvgIpc) is 2.97. The fourth-order valence-corrected chi connectivity index (χ4v) is 2.86. The summed E-state index contributed by atoms with van der Waals surface area (Å²) in [6, 6.07) is 11.6. The molecule has 1 aliphatic rings. The molecule has 116 valence electrons. The maximum atomic E-state index is 12.5. The van der Waals surface area contributed by atoms with Crippen LogP contribution in [-0.4, -0.2) is 53.5 Å². The number of aromatic nitrogens is 1. The number of rotatable bonds is 3. The molecule has 0 atom stereocenters. The van der Waals surface area contributed by atoms with Gasteiger partial charge in [0.2, 0.25) is 5.91 Å². The Morgan fingerprint density at radius 1 is 1.09 bits per heavy atom. The first-order valence-corrected chi connectivity index (χ1v) is 7.90. The molecular weight excluding hydrogens is 298 g/mol. The summed E-state index contributed by atoms with van der Waals surface area (Å²) in [6.07, 6.45) is 2.41. The third-order valence-corrected chi connectivity index (χ3v) is 4.38. The summed E-state index contributed by atoms with van der Waals surface area (Å²) in [5, 5.41) is 0.714. The van der Waals surface area contributed by atoms with Crippen LogP contribution in [0, 0.1) is 0 Å². The van der Waals surface area contributed by atoms with Gasteiger partial charge in [-0.25, -0.2) is 0 Å². The molecule has 22 heavy (non-hydrogen) atoms. The second-order valence-electron chi connectivity index (χ2n) is 5.71. The lowest BCUT2D eigenvalue weighted by atomic mass is 10.2. The average molecular weight is 318 g/mol. The minimum Gasteiger partial charge on any atom is -0.340 e. The first-order valence-electron chi connectivity index (χ1n) is 7.52. The van der Waals surface area contributed by atoms with Gasteiger partial charge in [0.1, 0.15) is 0 Å². The van der Waals surface area contributed by atoms with E-state index in [1.165, 1.54) is 0 Å². The molecular formula is C17H20ClN3O. The summed E-state index contributed by atoms with van der Waals surface area (Å²) in [5.41, 5.74) is 2.03. The van der Waals surface area contributed by atoms with Gasteiger partial charge in [-0.05, 0) is 43.4 Å². The van der Waals surface area contributed by atoms with E-state index in [2.05, 4.69) is 11.9 Å². The van der Waals surface area contributed by atoms with Crippen LogP contribution >= 0.6 is 11.6 Å². The number of carbonyl (C=O) groups excluding carboxylic acids is 1. The summed E-state index contributed by atoms with van der Waals surface area (Å²) in [5.74, 6) is 0.196. The zero-order valence-corrected chi connectivity index (χ0v) is 13.5. The highest BCUT2D eigenvalue weighted by Crippen LogP contribution is 2.17. The summed E-state index contributed by atoms with van der Waals surface area (Å²) < 4.78 is 2.05. The second kappa shape index (κ2) is 6.55. The van der Waals surface area contributed by atoms with Gasteiger partial charge in [0, 0.05) is 48.8 Å². The number of nitrogens with zero attached hydrogens (tertiary/aromatic N) is 3. The van der Waals surface area contributed by atoms with E-state index >= 15 is 0 Å². The van der Waals surface area contributed by atoms with Gasteiger partial charge in [0.25, 0.3) is 0 Å². The molecule has 2 aromatic rings. The van der Waals surface area contributed by atoms with Crippen molar-refractivity contribution in [3.63, 3.8) is 0 Å². The molecule has 0 unspecified atom stereocenters. The minimum atomic E-state index is 0.196. The lowest BCUT2D eigenvalue weighted by Gasteiger charge is -2.32. The lowest BCUT2D eigenvalue weighted by molar-refractivity contribution is -0.132. The molecule has 3 rings (SSSR count). The van der Waals surface area contributed by atoms with Crippen molar-refractivity contribution in [3.05, 3.63) is 53.3 Å². The molecule has 5 heteroatoms. The molecule has 0 aliphatic carbocycles. The Hall–Kier alpha value is -1.78. The van der Waals surface area contributed by atoms with Crippen molar-refractivity contribution in [2.24, 2.45) is 0 Å². The van der Waals surface area contributed by atoms with Crippen LogP contribution in [-0.2, 0) is 11.2 Å². The van der Waals surface area contributed by atoms with Gasteiger partial charge in [-0.1, -0.05) is 11.6 Å². The van der Waals surface area contributed by atoms with Crippen LogP contribution in [0.25, 0.3) is 5.69 Å². The number of benzene rings is 1. The van der Waals surface area contributed by atoms with Gasteiger partial charge in [0.15, 0.2) is 0 Å². The van der Waals surface area contributed by atoms with Crippen LogP contribution in [0.4, 0.5) is 0 Å². The fourth-order valence-electron chi connectivity index (χ4n) is 2.74. The Kier molecular flexibility index (Phi) is 4.50. The highest BCUT2D eigenvalue weighted by molar-refractivity contribution is 6.30. The highest BCUT2D eigenvalue weighted by Gasteiger charge is 2.20. The number of hydrogen-bond donors (Lipinski definition) is 0. The van der Waals surface area contributed by atoms with E-state index in [1.807, 2.05) is 52.1 Å². The smallest absolute Gasteiger partial charge is 0.228 e. The molecule has 1 saturated heterocycles. The molecule has 1 fully saturated rings. The monoisotopic (exact) mass is 317 g/mol. The molecule has 1 aromatic heterocycles. The molecule has 0 bridgehead atoms. The summed E-state index contributed by atoms with van der Waals surface area (Å²) in [6.45, 7) is 3.53. The van der Waals surface area contributed by atoms with Crippen LogP contribution in [0.2, 0.25) is 5.02 Å². The SMILES string of the molecule is CN1CCN(C(=O)Cc2cccn2-c2ccc(Cl)cc2)CC1. The number of likely N-dealkylation sites (N-methyl/N-ethyl adjacent to an activating group) is 1. The Morgan fingerprint density at radius 2 is 1.77 bits per heavy atom. The van der Waals surface area contributed by atoms with Crippen molar-refractivity contribution in [3.8, 4) is 5.69 Å². The number of amides is 1. The fraction of sp³-hybridized carbons (Fsp3) is 0.353. The molecule has 0 N–H and O–H groups in total. The van der Waals surface area contributed by atoms with Crippen LogP contribution in [0.1, 0.15) is 5.69 Å². The zero-order valence-electron chi connectivity index (χ0n) is 12.7.